The summed E-state index contributed by atoms with van der Waals surface area (Å²) in [5.41, 5.74) is -0.0617. The summed E-state index contributed by atoms with van der Waals surface area (Å²) >= 11 is 0. The lowest BCUT2D eigenvalue weighted by molar-refractivity contribution is 0.00578. The normalized spacial score (nSPS) is 22.6. The zero-order valence-corrected chi connectivity index (χ0v) is 17.4. The highest BCUT2D eigenvalue weighted by molar-refractivity contribution is 6.62. The van der Waals surface area contributed by atoms with Crippen LogP contribution in [0, 0.1) is 0 Å². The quantitative estimate of drug-likeness (QED) is 0.772. The van der Waals surface area contributed by atoms with Gasteiger partial charge in [0.15, 0.2) is 0 Å². The largest absolute Gasteiger partial charge is 0.495 e. The number of hydrogen-bond donors (Lipinski definition) is 0. The molecule has 0 atom stereocenters. The minimum absolute atomic E-state index is 0.305. The van der Waals surface area contributed by atoms with E-state index in [1.54, 1.807) is 0 Å². The molecule has 0 bridgehead atoms. The van der Waals surface area contributed by atoms with Crippen LogP contribution in [0.5, 0.6) is 5.88 Å². The Kier molecular flexibility index (Phi) is 5.04. The SMILES string of the molecule is CC(C)(C)Oc1cc(B2OC(C)(C)C(C)(C)O2)cc(N2CCCCC2)n1. The number of piperidine rings is 1. The molecule has 2 aliphatic heterocycles. The molecular weight excluding hydrogens is 327 g/mol. The number of nitrogens with zero attached hydrogens (tertiary/aromatic N) is 2. The van der Waals surface area contributed by atoms with Gasteiger partial charge in [0, 0.05) is 19.2 Å². The number of pyridine rings is 1. The molecule has 1 aromatic rings. The summed E-state index contributed by atoms with van der Waals surface area (Å²) in [6, 6.07) is 4.06. The lowest BCUT2D eigenvalue weighted by atomic mass is 9.79. The van der Waals surface area contributed by atoms with Crippen molar-refractivity contribution < 1.29 is 14.0 Å². The molecule has 0 spiro atoms. The van der Waals surface area contributed by atoms with Crippen LogP contribution >= 0.6 is 0 Å². The Morgan fingerprint density at radius 3 is 2.12 bits per heavy atom. The Hall–Kier alpha value is -1.27. The Balaban J connectivity index is 1.94. The molecule has 1 aromatic heterocycles. The highest BCUT2D eigenvalue weighted by Gasteiger charge is 2.52. The minimum atomic E-state index is -0.408. The molecule has 2 saturated heterocycles. The lowest BCUT2D eigenvalue weighted by Crippen LogP contribution is -2.41. The Morgan fingerprint density at radius 1 is 1.00 bits per heavy atom. The third kappa shape index (κ3) is 4.17. The van der Waals surface area contributed by atoms with Gasteiger partial charge < -0.3 is 18.9 Å². The third-order valence-electron chi connectivity index (χ3n) is 5.43. The van der Waals surface area contributed by atoms with Crippen molar-refractivity contribution in [2.24, 2.45) is 0 Å². The van der Waals surface area contributed by atoms with Crippen molar-refractivity contribution in [2.45, 2.75) is 84.5 Å². The van der Waals surface area contributed by atoms with Crippen LogP contribution in [0.3, 0.4) is 0 Å². The summed E-state index contributed by atoms with van der Waals surface area (Å²) < 4.78 is 18.6. The van der Waals surface area contributed by atoms with E-state index in [2.05, 4.69) is 38.7 Å². The molecule has 0 radical (unpaired) electrons. The van der Waals surface area contributed by atoms with Gasteiger partial charge in [0.05, 0.1) is 11.2 Å². The van der Waals surface area contributed by atoms with E-state index in [1.165, 1.54) is 19.3 Å². The number of ether oxygens (including phenoxy) is 1. The fourth-order valence-corrected chi connectivity index (χ4v) is 3.28. The van der Waals surface area contributed by atoms with Crippen molar-refractivity contribution in [1.82, 2.24) is 4.98 Å². The summed E-state index contributed by atoms with van der Waals surface area (Å²) in [6.45, 7) is 16.5. The monoisotopic (exact) mass is 360 g/mol. The van der Waals surface area contributed by atoms with E-state index in [1.807, 2.05) is 26.8 Å². The number of rotatable bonds is 3. The molecule has 2 aliphatic rings. The van der Waals surface area contributed by atoms with Crippen LogP contribution in [-0.2, 0) is 9.31 Å². The van der Waals surface area contributed by atoms with Crippen molar-refractivity contribution in [1.29, 1.82) is 0 Å². The van der Waals surface area contributed by atoms with Crippen molar-refractivity contribution in [2.75, 3.05) is 18.0 Å². The van der Waals surface area contributed by atoms with E-state index in [4.69, 9.17) is 19.0 Å². The van der Waals surface area contributed by atoms with Gasteiger partial charge in [0.1, 0.15) is 11.4 Å². The molecule has 0 aromatic carbocycles. The minimum Gasteiger partial charge on any atom is -0.472 e. The van der Waals surface area contributed by atoms with Crippen LogP contribution in [0.25, 0.3) is 0 Å². The molecule has 0 saturated carbocycles. The summed E-state index contributed by atoms with van der Waals surface area (Å²) in [5.74, 6) is 1.58. The van der Waals surface area contributed by atoms with Crippen LogP contribution < -0.4 is 15.1 Å². The molecule has 0 N–H and O–H groups in total. The smallest absolute Gasteiger partial charge is 0.472 e. The molecule has 26 heavy (non-hydrogen) atoms. The Morgan fingerprint density at radius 2 is 1.58 bits per heavy atom. The van der Waals surface area contributed by atoms with Gasteiger partial charge in [-0.15, -0.1) is 0 Å². The van der Waals surface area contributed by atoms with Crippen LogP contribution in [-0.4, -0.2) is 42.0 Å². The molecule has 6 heteroatoms. The maximum atomic E-state index is 6.25. The maximum absolute atomic E-state index is 6.25. The average Bonchev–Trinajstić information content (AvgIpc) is 2.74. The first-order valence-corrected chi connectivity index (χ1v) is 9.78. The van der Waals surface area contributed by atoms with Crippen molar-refractivity contribution in [3.05, 3.63) is 12.1 Å². The van der Waals surface area contributed by atoms with Gasteiger partial charge in [-0.25, -0.2) is 0 Å². The zero-order chi connectivity index (χ0) is 19.2. The van der Waals surface area contributed by atoms with E-state index >= 15 is 0 Å². The lowest BCUT2D eigenvalue weighted by Gasteiger charge is -2.32. The number of anilines is 1. The van der Waals surface area contributed by atoms with Crippen LogP contribution in [0.1, 0.15) is 67.7 Å². The average molecular weight is 360 g/mol. The fourth-order valence-electron chi connectivity index (χ4n) is 3.28. The van der Waals surface area contributed by atoms with E-state index in [0.717, 1.165) is 24.4 Å². The van der Waals surface area contributed by atoms with Gasteiger partial charge in [-0.1, -0.05) is 0 Å². The van der Waals surface area contributed by atoms with Gasteiger partial charge in [-0.2, -0.15) is 4.98 Å². The number of hydrogen-bond acceptors (Lipinski definition) is 5. The maximum Gasteiger partial charge on any atom is 0.495 e. The summed E-state index contributed by atoms with van der Waals surface area (Å²) in [7, 11) is -0.408. The van der Waals surface area contributed by atoms with E-state index < -0.39 is 7.12 Å². The van der Waals surface area contributed by atoms with E-state index in [9.17, 15) is 0 Å². The number of aromatic nitrogens is 1. The van der Waals surface area contributed by atoms with Crippen molar-refractivity contribution in [3.8, 4) is 5.88 Å². The molecule has 144 valence electrons. The Labute approximate surface area is 158 Å². The van der Waals surface area contributed by atoms with E-state index in [-0.39, 0.29) is 16.8 Å². The van der Waals surface area contributed by atoms with Gasteiger partial charge in [0.25, 0.3) is 0 Å². The fraction of sp³-hybridized carbons (Fsp3) is 0.750. The van der Waals surface area contributed by atoms with Gasteiger partial charge in [0.2, 0.25) is 5.88 Å². The molecule has 0 unspecified atom stereocenters. The predicted octanol–water partition coefficient (Wildman–Crippen LogP) is 3.55. The van der Waals surface area contributed by atoms with Gasteiger partial charge >= 0.3 is 7.12 Å². The summed E-state index contributed by atoms with van der Waals surface area (Å²) in [4.78, 5) is 7.12. The molecule has 2 fully saturated rings. The third-order valence-corrected chi connectivity index (χ3v) is 5.43. The molecule has 3 rings (SSSR count). The standard InChI is InChI=1S/C20H33BN2O3/c1-18(2,3)24-17-14-15(21-25-19(4,5)20(6,7)26-21)13-16(22-17)23-11-9-8-10-12-23/h13-14H,8-12H2,1-7H3. The topological polar surface area (TPSA) is 43.8 Å². The summed E-state index contributed by atoms with van der Waals surface area (Å²) in [6.07, 6.45) is 3.70. The Bertz CT molecular complexity index is 633. The second-order valence-electron chi connectivity index (χ2n) is 9.45. The van der Waals surface area contributed by atoms with E-state index in [0.29, 0.717) is 5.88 Å². The molecule has 0 aliphatic carbocycles. The molecular formula is C20H33BN2O3. The van der Waals surface area contributed by atoms with Crippen molar-refractivity contribution >= 4 is 18.4 Å². The van der Waals surface area contributed by atoms with Gasteiger partial charge in [-0.3, -0.25) is 0 Å². The first kappa shape index (κ1) is 19.5. The highest BCUT2D eigenvalue weighted by Crippen LogP contribution is 2.37. The molecule has 3 heterocycles. The second kappa shape index (κ2) is 6.72. The highest BCUT2D eigenvalue weighted by atomic mass is 16.7. The van der Waals surface area contributed by atoms with Crippen LogP contribution in [0.15, 0.2) is 12.1 Å². The zero-order valence-electron chi connectivity index (χ0n) is 17.4. The second-order valence-corrected chi connectivity index (χ2v) is 9.45. The van der Waals surface area contributed by atoms with Crippen LogP contribution in [0.2, 0.25) is 0 Å². The van der Waals surface area contributed by atoms with Crippen LogP contribution in [0.4, 0.5) is 5.82 Å². The predicted molar refractivity (Wildman–Crippen MR) is 106 cm³/mol. The van der Waals surface area contributed by atoms with Gasteiger partial charge in [-0.05, 0) is 79.3 Å². The molecule has 5 nitrogen and oxygen atoms in total. The first-order chi connectivity index (χ1) is 12.0. The first-order valence-electron chi connectivity index (χ1n) is 9.78. The summed E-state index contributed by atoms with van der Waals surface area (Å²) in [5, 5.41) is 0. The molecule has 0 amide bonds. The van der Waals surface area contributed by atoms with Crippen molar-refractivity contribution in [3.63, 3.8) is 0 Å².